The highest BCUT2D eigenvalue weighted by atomic mass is 32.1. The zero-order chi connectivity index (χ0) is 15.7. The first-order chi connectivity index (χ1) is 10.7. The number of rotatable bonds is 4. The monoisotopic (exact) mass is 317 g/mol. The molecule has 0 bridgehead atoms. The summed E-state index contributed by atoms with van der Waals surface area (Å²) in [4.78, 5) is 18.7. The molecule has 0 saturated heterocycles. The fourth-order valence-electron chi connectivity index (χ4n) is 3.27. The summed E-state index contributed by atoms with van der Waals surface area (Å²) in [5, 5.41) is 3.96. The number of nitrogens with zero attached hydrogens (tertiary/aromatic N) is 1. The number of fused-ring (bicyclic) bond motifs is 3. The second kappa shape index (κ2) is 6.24. The van der Waals surface area contributed by atoms with Crippen molar-refractivity contribution < 1.29 is 4.79 Å². The molecule has 22 heavy (non-hydrogen) atoms. The lowest BCUT2D eigenvalue weighted by atomic mass is 9.88. The third-order valence-corrected chi connectivity index (χ3v) is 5.46. The van der Waals surface area contributed by atoms with E-state index in [-0.39, 0.29) is 5.91 Å². The normalized spacial score (nSPS) is 14.1. The minimum absolute atomic E-state index is 0.0649. The van der Waals surface area contributed by atoms with E-state index in [1.165, 1.54) is 41.0 Å². The number of carbonyl (C=O) groups excluding carboxylic acids is 1. The van der Waals surface area contributed by atoms with Gasteiger partial charge < -0.3 is 11.1 Å². The number of hydrogen-bond acceptors (Lipinski definition) is 4. The molecule has 3 N–H and O–H groups in total. The number of nitrogens with one attached hydrogen (secondary N) is 1. The van der Waals surface area contributed by atoms with Crippen LogP contribution in [-0.4, -0.2) is 17.4 Å². The first-order valence-electron chi connectivity index (χ1n) is 8.18. The molecule has 1 aliphatic carbocycles. The summed E-state index contributed by atoms with van der Waals surface area (Å²) in [5.41, 5.74) is 10.9. The predicted molar refractivity (Wildman–Crippen MR) is 92.7 cm³/mol. The topological polar surface area (TPSA) is 68.0 Å². The van der Waals surface area contributed by atoms with Gasteiger partial charge >= 0.3 is 0 Å². The lowest BCUT2D eigenvalue weighted by Gasteiger charge is -2.19. The average Bonchev–Trinajstić information content (AvgIpc) is 2.88. The Hall–Kier alpha value is -1.62. The van der Waals surface area contributed by atoms with Crippen molar-refractivity contribution in [2.45, 2.75) is 52.4 Å². The number of nitrogens with two attached hydrogens (primary N) is 1. The van der Waals surface area contributed by atoms with Crippen LogP contribution >= 0.6 is 11.3 Å². The quantitative estimate of drug-likeness (QED) is 0.907. The predicted octanol–water partition coefficient (Wildman–Crippen LogP) is 3.46. The van der Waals surface area contributed by atoms with Crippen molar-refractivity contribution in [3.63, 3.8) is 0 Å². The maximum absolute atomic E-state index is 12.3. The molecular formula is C17H23N3OS. The molecular weight excluding hydrogens is 294 g/mol. The number of nitrogen functional groups attached to an aromatic ring is 1. The standard InChI is InChI=1S/C17H23N3OS/c1-3-9-19-16(21)15-14(18)13-11-8-6-5-7-10(11)12(4-2)20-17(13)22-15/h3-9,18H2,1-2H3,(H,19,21). The highest BCUT2D eigenvalue weighted by molar-refractivity contribution is 7.21. The average molecular weight is 317 g/mol. The Morgan fingerprint density at radius 3 is 2.68 bits per heavy atom. The van der Waals surface area contributed by atoms with E-state index in [2.05, 4.69) is 12.2 Å². The van der Waals surface area contributed by atoms with Gasteiger partial charge in [0.05, 0.1) is 5.69 Å². The molecule has 118 valence electrons. The van der Waals surface area contributed by atoms with Crippen molar-refractivity contribution in [1.82, 2.24) is 10.3 Å². The van der Waals surface area contributed by atoms with Gasteiger partial charge in [-0.25, -0.2) is 4.98 Å². The van der Waals surface area contributed by atoms with Crippen LogP contribution in [0.2, 0.25) is 0 Å². The fraction of sp³-hybridized carbons (Fsp3) is 0.529. The lowest BCUT2D eigenvalue weighted by molar-refractivity contribution is 0.0958. The van der Waals surface area contributed by atoms with Crippen LogP contribution in [0.25, 0.3) is 10.2 Å². The Labute approximate surface area is 135 Å². The largest absolute Gasteiger partial charge is 0.397 e. The lowest BCUT2D eigenvalue weighted by Crippen LogP contribution is -2.23. The SMILES string of the molecule is CCCNC(=O)c1sc2nc(CC)c3c(c2c1N)CCCC3. The highest BCUT2D eigenvalue weighted by Gasteiger charge is 2.24. The summed E-state index contributed by atoms with van der Waals surface area (Å²) in [6.07, 6.45) is 6.42. The number of aryl methyl sites for hydroxylation is 2. The first kappa shape index (κ1) is 15.3. The van der Waals surface area contributed by atoms with Gasteiger partial charge in [-0.2, -0.15) is 0 Å². The molecule has 0 unspecified atom stereocenters. The van der Waals surface area contributed by atoms with Gasteiger partial charge in [0, 0.05) is 17.6 Å². The summed E-state index contributed by atoms with van der Waals surface area (Å²) < 4.78 is 0. The highest BCUT2D eigenvalue weighted by Crippen LogP contribution is 2.39. The molecule has 4 nitrogen and oxygen atoms in total. The Kier molecular flexibility index (Phi) is 4.34. The van der Waals surface area contributed by atoms with Crippen LogP contribution in [0.3, 0.4) is 0 Å². The Balaban J connectivity index is 2.15. The van der Waals surface area contributed by atoms with E-state index in [0.29, 0.717) is 17.1 Å². The number of amides is 1. The second-order valence-corrected chi connectivity index (χ2v) is 6.86. The van der Waals surface area contributed by atoms with E-state index in [1.807, 2.05) is 6.92 Å². The molecule has 0 aromatic carbocycles. The summed E-state index contributed by atoms with van der Waals surface area (Å²) in [6, 6.07) is 0. The number of anilines is 1. The van der Waals surface area contributed by atoms with E-state index < -0.39 is 0 Å². The van der Waals surface area contributed by atoms with Crippen LogP contribution in [0.15, 0.2) is 0 Å². The number of carbonyl (C=O) groups is 1. The van der Waals surface area contributed by atoms with E-state index in [4.69, 9.17) is 10.7 Å². The second-order valence-electron chi connectivity index (χ2n) is 5.86. The Morgan fingerprint density at radius 2 is 2.00 bits per heavy atom. The van der Waals surface area contributed by atoms with Crippen LogP contribution in [-0.2, 0) is 19.3 Å². The van der Waals surface area contributed by atoms with E-state index in [1.54, 1.807) is 0 Å². The Bertz CT molecular complexity index is 720. The van der Waals surface area contributed by atoms with Crippen molar-refractivity contribution in [3.05, 3.63) is 21.7 Å². The summed E-state index contributed by atoms with van der Waals surface area (Å²) in [6.45, 7) is 4.87. The number of pyridine rings is 1. The molecule has 0 atom stereocenters. The number of thiophene rings is 1. The van der Waals surface area contributed by atoms with Gasteiger partial charge in [-0.1, -0.05) is 13.8 Å². The number of hydrogen-bond donors (Lipinski definition) is 2. The van der Waals surface area contributed by atoms with Crippen LogP contribution in [0.1, 0.15) is 59.6 Å². The van der Waals surface area contributed by atoms with Gasteiger partial charge in [0.25, 0.3) is 5.91 Å². The van der Waals surface area contributed by atoms with Gasteiger partial charge in [-0.05, 0) is 49.7 Å². The summed E-state index contributed by atoms with van der Waals surface area (Å²) in [7, 11) is 0. The smallest absolute Gasteiger partial charge is 0.263 e. The van der Waals surface area contributed by atoms with Crippen LogP contribution in [0, 0.1) is 0 Å². The van der Waals surface area contributed by atoms with E-state index in [9.17, 15) is 4.79 Å². The van der Waals surface area contributed by atoms with E-state index >= 15 is 0 Å². The van der Waals surface area contributed by atoms with Gasteiger partial charge in [0.2, 0.25) is 0 Å². The Morgan fingerprint density at radius 1 is 1.27 bits per heavy atom. The van der Waals surface area contributed by atoms with Gasteiger partial charge in [-0.15, -0.1) is 11.3 Å². The maximum atomic E-state index is 12.3. The molecule has 3 rings (SSSR count). The first-order valence-corrected chi connectivity index (χ1v) is 8.99. The maximum Gasteiger partial charge on any atom is 0.263 e. The van der Waals surface area contributed by atoms with Gasteiger partial charge in [0.1, 0.15) is 9.71 Å². The van der Waals surface area contributed by atoms with Crippen LogP contribution < -0.4 is 11.1 Å². The minimum Gasteiger partial charge on any atom is -0.397 e. The van der Waals surface area contributed by atoms with Crippen molar-refractivity contribution in [2.24, 2.45) is 0 Å². The van der Waals surface area contributed by atoms with Crippen molar-refractivity contribution in [3.8, 4) is 0 Å². The molecule has 0 fully saturated rings. The summed E-state index contributed by atoms with van der Waals surface area (Å²) >= 11 is 1.44. The molecule has 0 saturated carbocycles. The number of aromatic nitrogens is 1. The molecule has 2 aromatic heterocycles. The van der Waals surface area contributed by atoms with Crippen molar-refractivity contribution in [1.29, 1.82) is 0 Å². The van der Waals surface area contributed by atoms with Gasteiger partial charge in [0.15, 0.2) is 0 Å². The van der Waals surface area contributed by atoms with Crippen LogP contribution in [0.5, 0.6) is 0 Å². The molecule has 2 aromatic rings. The molecule has 2 heterocycles. The molecule has 0 radical (unpaired) electrons. The molecule has 1 amide bonds. The van der Waals surface area contributed by atoms with Gasteiger partial charge in [-0.3, -0.25) is 4.79 Å². The molecule has 1 aliphatic rings. The third-order valence-electron chi connectivity index (χ3n) is 4.36. The van der Waals surface area contributed by atoms with E-state index in [0.717, 1.165) is 35.9 Å². The molecule has 0 spiro atoms. The molecule has 5 heteroatoms. The summed E-state index contributed by atoms with van der Waals surface area (Å²) in [5.74, 6) is -0.0649. The molecule has 0 aliphatic heterocycles. The minimum atomic E-state index is -0.0649. The third kappa shape index (κ3) is 2.47. The zero-order valence-electron chi connectivity index (χ0n) is 13.3. The van der Waals surface area contributed by atoms with Crippen molar-refractivity contribution >= 4 is 33.1 Å². The van der Waals surface area contributed by atoms with Crippen LogP contribution in [0.4, 0.5) is 5.69 Å². The zero-order valence-corrected chi connectivity index (χ0v) is 14.1. The van der Waals surface area contributed by atoms with Crippen molar-refractivity contribution in [2.75, 3.05) is 12.3 Å². The fourth-order valence-corrected chi connectivity index (χ4v) is 4.33.